The molecule has 0 aliphatic rings. The third-order valence-electron chi connectivity index (χ3n) is 2.25. The van der Waals surface area contributed by atoms with Gasteiger partial charge in [0.05, 0.1) is 4.92 Å². The minimum Gasteiger partial charge on any atom is -0.379 e. The number of halogens is 1. The Hall–Kier alpha value is -1.69. The van der Waals surface area contributed by atoms with E-state index in [9.17, 15) is 14.5 Å². The summed E-state index contributed by atoms with van der Waals surface area (Å²) >= 11 is 0. The molecule has 0 amide bonds. The Morgan fingerprint density at radius 2 is 2.18 bits per heavy atom. The summed E-state index contributed by atoms with van der Waals surface area (Å²) in [5.74, 6) is -0.481. The van der Waals surface area contributed by atoms with E-state index in [1.54, 1.807) is 0 Å². The molecule has 0 atom stereocenters. The first kappa shape index (κ1) is 13.4. The van der Waals surface area contributed by atoms with E-state index >= 15 is 0 Å². The zero-order chi connectivity index (χ0) is 12.8. The zero-order valence-electron chi connectivity index (χ0n) is 9.94. The van der Waals surface area contributed by atoms with Gasteiger partial charge in [0, 0.05) is 18.7 Å². The van der Waals surface area contributed by atoms with Crippen LogP contribution in [0, 0.1) is 15.9 Å². The monoisotopic (exact) mass is 241 g/mol. The average Bonchev–Trinajstić information content (AvgIpc) is 2.23. The fraction of sp³-hybridized carbons (Fsp3) is 0.455. The van der Waals surface area contributed by atoms with Crippen LogP contribution in [-0.2, 0) is 0 Å². The minimum absolute atomic E-state index is 0.101. The topological polar surface area (TPSA) is 58.4 Å². The van der Waals surface area contributed by atoms with Gasteiger partial charge in [0.1, 0.15) is 11.5 Å². The van der Waals surface area contributed by atoms with E-state index in [0.717, 1.165) is 25.1 Å². The number of hydrogen-bond donors (Lipinski definition) is 1. The van der Waals surface area contributed by atoms with Crippen molar-refractivity contribution in [1.29, 1.82) is 0 Å². The first-order valence-electron chi connectivity index (χ1n) is 5.33. The van der Waals surface area contributed by atoms with Crippen molar-refractivity contribution >= 4 is 11.4 Å². The second kappa shape index (κ2) is 6.15. The Balaban J connectivity index is 2.62. The van der Waals surface area contributed by atoms with Gasteiger partial charge in [-0.1, -0.05) is 0 Å². The summed E-state index contributed by atoms with van der Waals surface area (Å²) in [7, 11) is 3.90. The Kier molecular flexibility index (Phi) is 4.84. The van der Waals surface area contributed by atoms with Crippen molar-refractivity contribution in [3.05, 3.63) is 34.1 Å². The second-order valence-corrected chi connectivity index (χ2v) is 4.00. The van der Waals surface area contributed by atoms with Crippen molar-refractivity contribution in [2.24, 2.45) is 0 Å². The molecular weight excluding hydrogens is 225 g/mol. The molecule has 0 aromatic heterocycles. The largest absolute Gasteiger partial charge is 0.379 e. The molecule has 0 saturated heterocycles. The summed E-state index contributed by atoms with van der Waals surface area (Å²) < 4.78 is 13.0. The highest BCUT2D eigenvalue weighted by molar-refractivity contribution is 5.61. The summed E-state index contributed by atoms with van der Waals surface area (Å²) in [5.41, 5.74) is 0.130. The fourth-order valence-electron chi connectivity index (χ4n) is 1.43. The van der Waals surface area contributed by atoms with Gasteiger partial charge in [-0.25, -0.2) is 4.39 Å². The van der Waals surface area contributed by atoms with E-state index in [1.807, 2.05) is 19.0 Å². The molecule has 1 N–H and O–H groups in total. The maximum Gasteiger partial charge on any atom is 0.292 e. The van der Waals surface area contributed by atoms with Gasteiger partial charge in [-0.05, 0) is 33.1 Å². The Morgan fingerprint density at radius 1 is 1.47 bits per heavy atom. The maximum atomic E-state index is 13.0. The molecule has 0 fully saturated rings. The quantitative estimate of drug-likeness (QED) is 0.470. The fourth-order valence-corrected chi connectivity index (χ4v) is 1.43. The molecule has 0 aliphatic heterocycles. The molecule has 0 saturated carbocycles. The number of nitro groups is 1. The van der Waals surface area contributed by atoms with Crippen molar-refractivity contribution in [2.75, 3.05) is 32.5 Å². The minimum atomic E-state index is -0.520. The molecular formula is C11H16FN3O2. The third-order valence-corrected chi connectivity index (χ3v) is 2.25. The highest BCUT2D eigenvalue weighted by atomic mass is 19.1. The van der Waals surface area contributed by atoms with Gasteiger partial charge in [0.15, 0.2) is 0 Å². The number of anilines is 1. The molecule has 0 unspecified atom stereocenters. The standard InChI is InChI=1S/C11H16FN3O2/c1-14(2)7-3-6-13-10-8-9(12)4-5-11(10)15(16)17/h4-5,8,13H,3,6-7H2,1-2H3. The van der Waals surface area contributed by atoms with Crippen molar-refractivity contribution in [3.63, 3.8) is 0 Å². The first-order valence-corrected chi connectivity index (χ1v) is 5.33. The van der Waals surface area contributed by atoms with E-state index in [0.29, 0.717) is 6.54 Å². The number of nitrogens with one attached hydrogen (secondary N) is 1. The summed E-state index contributed by atoms with van der Waals surface area (Å²) in [6.07, 6.45) is 0.834. The molecule has 17 heavy (non-hydrogen) atoms. The molecule has 0 bridgehead atoms. The summed E-state index contributed by atoms with van der Waals surface area (Å²) in [6.45, 7) is 1.44. The highest BCUT2D eigenvalue weighted by Gasteiger charge is 2.13. The van der Waals surface area contributed by atoms with Gasteiger partial charge in [-0.15, -0.1) is 0 Å². The molecule has 1 rings (SSSR count). The van der Waals surface area contributed by atoms with Crippen LogP contribution >= 0.6 is 0 Å². The van der Waals surface area contributed by atoms with Crippen molar-refractivity contribution in [1.82, 2.24) is 4.90 Å². The van der Waals surface area contributed by atoms with Crippen molar-refractivity contribution in [3.8, 4) is 0 Å². The third kappa shape index (κ3) is 4.36. The van der Waals surface area contributed by atoms with Crippen LogP contribution in [0.4, 0.5) is 15.8 Å². The van der Waals surface area contributed by atoms with Gasteiger partial charge < -0.3 is 10.2 Å². The normalized spacial score (nSPS) is 10.6. The van der Waals surface area contributed by atoms with Gasteiger partial charge in [-0.3, -0.25) is 10.1 Å². The SMILES string of the molecule is CN(C)CCCNc1cc(F)ccc1[N+](=O)[O-]. The molecule has 6 heteroatoms. The Labute approximate surface area is 99.4 Å². The van der Waals surface area contributed by atoms with Gasteiger partial charge in [0.25, 0.3) is 5.69 Å². The smallest absolute Gasteiger partial charge is 0.292 e. The van der Waals surface area contributed by atoms with Crippen LogP contribution in [0.5, 0.6) is 0 Å². The summed E-state index contributed by atoms with van der Waals surface area (Å²) in [5, 5.41) is 13.6. The van der Waals surface area contributed by atoms with Gasteiger partial charge >= 0.3 is 0 Å². The number of nitrogens with zero attached hydrogens (tertiary/aromatic N) is 2. The van der Waals surface area contributed by atoms with Crippen LogP contribution in [0.2, 0.25) is 0 Å². The van der Waals surface area contributed by atoms with Crippen LogP contribution in [0.15, 0.2) is 18.2 Å². The van der Waals surface area contributed by atoms with E-state index in [-0.39, 0.29) is 11.4 Å². The number of rotatable bonds is 6. The number of nitro benzene ring substituents is 1. The predicted octanol–water partition coefficient (Wildman–Crippen LogP) is 2.10. The number of benzene rings is 1. The second-order valence-electron chi connectivity index (χ2n) is 4.00. The summed E-state index contributed by atoms with van der Waals surface area (Å²) in [6, 6.07) is 3.40. The van der Waals surface area contributed by atoms with Crippen LogP contribution in [0.3, 0.4) is 0 Å². The first-order chi connectivity index (χ1) is 8.00. The average molecular weight is 241 g/mol. The molecule has 0 radical (unpaired) electrons. The maximum absolute atomic E-state index is 13.0. The van der Waals surface area contributed by atoms with Crippen molar-refractivity contribution < 1.29 is 9.31 Å². The Morgan fingerprint density at radius 3 is 2.76 bits per heavy atom. The van der Waals surface area contributed by atoms with Crippen molar-refractivity contribution in [2.45, 2.75) is 6.42 Å². The van der Waals surface area contributed by atoms with Crippen LogP contribution in [-0.4, -0.2) is 37.0 Å². The lowest BCUT2D eigenvalue weighted by atomic mass is 10.2. The van der Waals surface area contributed by atoms with E-state index in [2.05, 4.69) is 5.32 Å². The van der Waals surface area contributed by atoms with Crippen LogP contribution in [0.25, 0.3) is 0 Å². The number of hydrogen-bond acceptors (Lipinski definition) is 4. The van der Waals surface area contributed by atoms with E-state index in [1.165, 1.54) is 6.07 Å². The van der Waals surface area contributed by atoms with E-state index < -0.39 is 10.7 Å². The van der Waals surface area contributed by atoms with Gasteiger partial charge in [-0.2, -0.15) is 0 Å². The summed E-state index contributed by atoms with van der Waals surface area (Å²) in [4.78, 5) is 12.2. The zero-order valence-corrected chi connectivity index (χ0v) is 9.94. The molecule has 1 aromatic carbocycles. The lowest BCUT2D eigenvalue weighted by Gasteiger charge is -2.10. The molecule has 94 valence electrons. The van der Waals surface area contributed by atoms with Gasteiger partial charge in [0.2, 0.25) is 0 Å². The van der Waals surface area contributed by atoms with Crippen LogP contribution < -0.4 is 5.32 Å². The van der Waals surface area contributed by atoms with E-state index in [4.69, 9.17) is 0 Å². The molecule has 5 nitrogen and oxygen atoms in total. The van der Waals surface area contributed by atoms with Crippen LogP contribution in [0.1, 0.15) is 6.42 Å². The highest BCUT2D eigenvalue weighted by Crippen LogP contribution is 2.24. The Bertz CT molecular complexity index is 396. The molecule has 0 aliphatic carbocycles. The molecule has 1 aromatic rings. The molecule has 0 heterocycles. The lowest BCUT2D eigenvalue weighted by molar-refractivity contribution is -0.384. The molecule has 0 spiro atoms. The predicted molar refractivity (Wildman–Crippen MR) is 64.7 cm³/mol. The lowest BCUT2D eigenvalue weighted by Crippen LogP contribution is -2.16.